The van der Waals surface area contributed by atoms with Crippen LogP contribution in [0.2, 0.25) is 0 Å². The van der Waals surface area contributed by atoms with Gasteiger partial charge in [0.2, 0.25) is 11.8 Å². The van der Waals surface area contributed by atoms with Crippen molar-refractivity contribution in [1.82, 2.24) is 10.2 Å². The molecule has 1 N–H and O–H groups in total. The molecule has 0 radical (unpaired) electrons. The Morgan fingerprint density at radius 3 is 2.46 bits per heavy atom. The van der Waals surface area contributed by atoms with Crippen LogP contribution in [0.4, 0.5) is 5.69 Å². The van der Waals surface area contributed by atoms with Gasteiger partial charge < -0.3 is 19.7 Å². The molecule has 0 bridgehead atoms. The van der Waals surface area contributed by atoms with E-state index < -0.39 is 5.97 Å². The Morgan fingerprint density at radius 2 is 1.86 bits per heavy atom. The van der Waals surface area contributed by atoms with Gasteiger partial charge in [-0.05, 0) is 31.2 Å². The molecule has 1 saturated heterocycles. The summed E-state index contributed by atoms with van der Waals surface area (Å²) >= 11 is 0. The fourth-order valence-electron chi connectivity index (χ4n) is 2.94. The molecule has 28 heavy (non-hydrogen) atoms. The zero-order valence-corrected chi connectivity index (χ0v) is 16.6. The van der Waals surface area contributed by atoms with Crippen molar-refractivity contribution in [2.45, 2.75) is 20.3 Å². The Hall–Kier alpha value is -2.45. The number of esters is 1. The first-order valence-corrected chi connectivity index (χ1v) is 9.63. The standard InChI is InChI=1S/C20H29N3O5/c1-3-28-20(26)17-4-6-18(7-5-17)23(16(2)24)10-8-19(25)21-9-11-22-12-14-27-15-13-22/h4-7H,3,8-15H2,1-2H3,(H,21,25). The third-order valence-electron chi connectivity index (χ3n) is 4.49. The summed E-state index contributed by atoms with van der Waals surface area (Å²) in [6.45, 7) is 8.39. The second kappa shape index (κ2) is 11.4. The molecular formula is C20H29N3O5. The van der Waals surface area contributed by atoms with Crippen molar-refractivity contribution < 1.29 is 23.9 Å². The first kappa shape index (κ1) is 21.8. The summed E-state index contributed by atoms with van der Waals surface area (Å²) < 4.78 is 10.3. The molecule has 2 rings (SSSR count). The Morgan fingerprint density at radius 1 is 1.18 bits per heavy atom. The van der Waals surface area contributed by atoms with E-state index in [4.69, 9.17) is 9.47 Å². The van der Waals surface area contributed by atoms with E-state index >= 15 is 0 Å². The Labute approximate surface area is 165 Å². The Kier molecular flexibility index (Phi) is 8.90. The Balaban J connectivity index is 1.80. The highest BCUT2D eigenvalue weighted by Crippen LogP contribution is 2.16. The van der Waals surface area contributed by atoms with Crippen LogP contribution >= 0.6 is 0 Å². The maximum atomic E-state index is 12.1. The predicted octanol–water partition coefficient (Wildman–Crippen LogP) is 1.05. The highest BCUT2D eigenvalue weighted by molar-refractivity contribution is 5.94. The number of nitrogens with one attached hydrogen (secondary N) is 1. The van der Waals surface area contributed by atoms with E-state index in [9.17, 15) is 14.4 Å². The van der Waals surface area contributed by atoms with Crippen LogP contribution in [-0.4, -0.2) is 75.2 Å². The zero-order valence-electron chi connectivity index (χ0n) is 16.6. The van der Waals surface area contributed by atoms with Gasteiger partial charge in [0, 0.05) is 51.8 Å². The number of amides is 2. The SMILES string of the molecule is CCOC(=O)c1ccc(N(CCC(=O)NCCN2CCOCC2)C(C)=O)cc1. The van der Waals surface area contributed by atoms with Gasteiger partial charge in [0.15, 0.2) is 0 Å². The number of carbonyl (C=O) groups excluding carboxylic acids is 3. The van der Waals surface area contributed by atoms with Crippen molar-refractivity contribution in [1.29, 1.82) is 0 Å². The van der Waals surface area contributed by atoms with Gasteiger partial charge in [-0.3, -0.25) is 14.5 Å². The van der Waals surface area contributed by atoms with Crippen LogP contribution in [0.15, 0.2) is 24.3 Å². The van der Waals surface area contributed by atoms with Gasteiger partial charge in [-0.1, -0.05) is 0 Å². The molecule has 0 aromatic heterocycles. The van der Waals surface area contributed by atoms with Gasteiger partial charge >= 0.3 is 5.97 Å². The van der Waals surface area contributed by atoms with E-state index in [2.05, 4.69) is 10.2 Å². The van der Waals surface area contributed by atoms with Crippen LogP contribution in [0.3, 0.4) is 0 Å². The molecule has 0 aliphatic carbocycles. The van der Waals surface area contributed by atoms with E-state index in [1.807, 2.05) is 0 Å². The highest BCUT2D eigenvalue weighted by Gasteiger charge is 2.15. The maximum absolute atomic E-state index is 12.1. The van der Waals surface area contributed by atoms with Gasteiger partial charge in [-0.2, -0.15) is 0 Å². The van der Waals surface area contributed by atoms with Crippen molar-refractivity contribution in [2.75, 3.05) is 57.4 Å². The van der Waals surface area contributed by atoms with Gasteiger partial charge in [-0.15, -0.1) is 0 Å². The minimum Gasteiger partial charge on any atom is -0.462 e. The molecule has 8 nitrogen and oxygen atoms in total. The van der Waals surface area contributed by atoms with E-state index in [0.29, 0.717) is 24.4 Å². The quantitative estimate of drug-likeness (QED) is 0.633. The minimum absolute atomic E-state index is 0.0948. The number of morpholine rings is 1. The zero-order chi connectivity index (χ0) is 20.4. The summed E-state index contributed by atoms with van der Waals surface area (Å²) in [4.78, 5) is 39.6. The first-order valence-electron chi connectivity index (χ1n) is 9.63. The fourth-order valence-corrected chi connectivity index (χ4v) is 2.94. The molecule has 0 unspecified atom stereocenters. The molecule has 0 atom stereocenters. The third kappa shape index (κ3) is 6.94. The van der Waals surface area contributed by atoms with Gasteiger partial charge in [0.1, 0.15) is 0 Å². The first-order chi connectivity index (χ1) is 13.5. The molecule has 8 heteroatoms. The van der Waals surface area contributed by atoms with E-state index in [0.717, 1.165) is 32.8 Å². The van der Waals surface area contributed by atoms with Crippen LogP contribution < -0.4 is 10.2 Å². The van der Waals surface area contributed by atoms with Crippen LogP contribution in [0, 0.1) is 0 Å². The lowest BCUT2D eigenvalue weighted by atomic mass is 10.2. The lowest BCUT2D eigenvalue weighted by Crippen LogP contribution is -2.42. The number of rotatable bonds is 9. The number of hydrogen-bond acceptors (Lipinski definition) is 6. The lowest BCUT2D eigenvalue weighted by Gasteiger charge is -2.26. The molecular weight excluding hydrogens is 362 g/mol. The summed E-state index contributed by atoms with van der Waals surface area (Å²) in [5.41, 5.74) is 1.07. The summed E-state index contributed by atoms with van der Waals surface area (Å²) in [6.07, 6.45) is 0.211. The van der Waals surface area contributed by atoms with E-state index in [-0.39, 0.29) is 24.8 Å². The number of carbonyl (C=O) groups is 3. The average molecular weight is 391 g/mol. The molecule has 0 spiro atoms. The van der Waals surface area contributed by atoms with Gasteiger partial charge in [0.05, 0.1) is 25.4 Å². The van der Waals surface area contributed by atoms with Crippen LogP contribution in [-0.2, 0) is 19.1 Å². The highest BCUT2D eigenvalue weighted by atomic mass is 16.5. The van der Waals surface area contributed by atoms with Crippen LogP contribution in [0.1, 0.15) is 30.6 Å². The van der Waals surface area contributed by atoms with E-state index in [1.165, 1.54) is 11.8 Å². The summed E-state index contributed by atoms with van der Waals surface area (Å²) in [5.74, 6) is -0.657. The number of anilines is 1. The number of nitrogens with zero attached hydrogens (tertiary/aromatic N) is 2. The molecule has 0 saturated carbocycles. The fraction of sp³-hybridized carbons (Fsp3) is 0.550. The van der Waals surface area contributed by atoms with Gasteiger partial charge in [-0.25, -0.2) is 4.79 Å². The Bertz CT molecular complexity index is 656. The molecule has 1 heterocycles. The van der Waals surface area contributed by atoms with Crippen molar-refractivity contribution in [3.8, 4) is 0 Å². The monoisotopic (exact) mass is 391 g/mol. The normalized spacial score (nSPS) is 14.4. The van der Waals surface area contributed by atoms with Crippen LogP contribution in [0.5, 0.6) is 0 Å². The molecule has 1 fully saturated rings. The van der Waals surface area contributed by atoms with Crippen molar-refractivity contribution in [2.24, 2.45) is 0 Å². The number of ether oxygens (including phenoxy) is 2. The second-order valence-electron chi connectivity index (χ2n) is 6.49. The van der Waals surface area contributed by atoms with E-state index in [1.54, 1.807) is 31.2 Å². The maximum Gasteiger partial charge on any atom is 0.338 e. The number of hydrogen-bond donors (Lipinski definition) is 1. The molecule has 154 valence electrons. The molecule has 2 amide bonds. The minimum atomic E-state index is -0.400. The molecule has 1 aliphatic heterocycles. The summed E-state index contributed by atoms with van der Waals surface area (Å²) in [7, 11) is 0. The molecule has 1 aromatic rings. The van der Waals surface area contributed by atoms with Gasteiger partial charge in [0.25, 0.3) is 0 Å². The lowest BCUT2D eigenvalue weighted by molar-refractivity contribution is -0.121. The summed E-state index contributed by atoms with van der Waals surface area (Å²) in [6, 6.07) is 6.60. The van der Waals surface area contributed by atoms with Crippen molar-refractivity contribution in [3.63, 3.8) is 0 Å². The largest absolute Gasteiger partial charge is 0.462 e. The topological polar surface area (TPSA) is 88.2 Å². The van der Waals surface area contributed by atoms with Crippen LogP contribution in [0.25, 0.3) is 0 Å². The van der Waals surface area contributed by atoms with Crippen molar-refractivity contribution >= 4 is 23.5 Å². The average Bonchev–Trinajstić information content (AvgIpc) is 2.69. The van der Waals surface area contributed by atoms with Crippen molar-refractivity contribution in [3.05, 3.63) is 29.8 Å². The smallest absolute Gasteiger partial charge is 0.338 e. The molecule has 1 aromatic carbocycles. The second-order valence-corrected chi connectivity index (χ2v) is 6.49. The molecule has 1 aliphatic rings. The summed E-state index contributed by atoms with van der Waals surface area (Å²) in [5, 5.41) is 2.89. The number of benzene rings is 1. The third-order valence-corrected chi connectivity index (χ3v) is 4.49. The predicted molar refractivity (Wildman–Crippen MR) is 105 cm³/mol.